The van der Waals surface area contributed by atoms with E-state index in [4.69, 9.17) is 0 Å². The molecule has 1 unspecified atom stereocenters. The van der Waals surface area contributed by atoms with E-state index in [1.165, 1.54) is 0 Å². The summed E-state index contributed by atoms with van der Waals surface area (Å²) in [5.74, 6) is 0. The van der Waals surface area contributed by atoms with E-state index in [1.54, 1.807) is 11.8 Å². The molecule has 0 saturated carbocycles. The number of aliphatic hydroxyl groups excluding tert-OH is 1. The lowest BCUT2D eigenvalue weighted by atomic mass is 10.1. The molecule has 1 N–H and O–H groups in total. The van der Waals surface area contributed by atoms with Crippen LogP contribution in [0.5, 0.6) is 0 Å². The highest BCUT2D eigenvalue weighted by atomic mass is 16.3. The van der Waals surface area contributed by atoms with Gasteiger partial charge in [0.15, 0.2) is 0 Å². The average molecular weight is 248 g/mol. The van der Waals surface area contributed by atoms with Crippen molar-refractivity contribution in [3.05, 3.63) is 29.8 Å². The molecule has 1 fully saturated rings. The molecule has 0 aliphatic carbocycles. The van der Waals surface area contributed by atoms with Gasteiger partial charge in [0.05, 0.1) is 11.8 Å². The fraction of sp³-hybridized carbons (Fsp3) is 0.500. The van der Waals surface area contributed by atoms with Crippen LogP contribution < -0.4 is 4.90 Å². The summed E-state index contributed by atoms with van der Waals surface area (Å²) in [6, 6.07) is 7.77. The van der Waals surface area contributed by atoms with Crippen LogP contribution in [0.2, 0.25) is 0 Å². The Morgan fingerprint density at radius 1 is 1.17 bits per heavy atom. The lowest BCUT2D eigenvalue weighted by molar-refractivity contribution is 0.199. The Balaban J connectivity index is 2.31. The minimum Gasteiger partial charge on any atom is -0.389 e. The van der Waals surface area contributed by atoms with Crippen molar-refractivity contribution in [3.8, 4) is 0 Å². The van der Waals surface area contributed by atoms with Crippen molar-refractivity contribution in [1.29, 1.82) is 0 Å². The standard InChI is InChI=1S/C14H20N2O2/c1-10(2)15-8-9-16(14(15)18)13-7-5-4-6-12(13)11(3)17/h4-7,10-11,17H,8-9H2,1-3H3. The summed E-state index contributed by atoms with van der Waals surface area (Å²) in [6.07, 6.45) is -0.568. The van der Waals surface area contributed by atoms with Gasteiger partial charge in [-0.05, 0) is 26.8 Å². The average Bonchev–Trinajstić information content (AvgIpc) is 2.71. The second-order valence-corrected chi connectivity index (χ2v) is 4.96. The molecular weight excluding hydrogens is 228 g/mol. The fourth-order valence-electron chi connectivity index (χ4n) is 2.34. The van der Waals surface area contributed by atoms with Crippen molar-refractivity contribution in [2.75, 3.05) is 18.0 Å². The number of rotatable bonds is 3. The number of carbonyl (C=O) groups is 1. The second-order valence-electron chi connectivity index (χ2n) is 4.96. The van der Waals surface area contributed by atoms with Crippen molar-refractivity contribution in [3.63, 3.8) is 0 Å². The molecule has 0 radical (unpaired) electrons. The van der Waals surface area contributed by atoms with Crippen molar-refractivity contribution < 1.29 is 9.90 Å². The third-order valence-corrected chi connectivity index (χ3v) is 3.34. The molecule has 1 aromatic carbocycles. The normalized spacial score (nSPS) is 17.7. The Morgan fingerprint density at radius 3 is 2.39 bits per heavy atom. The Bertz CT molecular complexity index is 443. The van der Waals surface area contributed by atoms with Crippen LogP contribution in [0.25, 0.3) is 0 Å². The summed E-state index contributed by atoms with van der Waals surface area (Å²) in [7, 11) is 0. The van der Waals surface area contributed by atoms with Crippen LogP contribution in [0.3, 0.4) is 0 Å². The van der Waals surface area contributed by atoms with Crippen LogP contribution in [0.1, 0.15) is 32.4 Å². The Labute approximate surface area is 108 Å². The molecule has 4 heteroatoms. The molecule has 1 aliphatic rings. The minimum atomic E-state index is -0.568. The van der Waals surface area contributed by atoms with Gasteiger partial charge in [-0.2, -0.15) is 0 Å². The highest BCUT2D eigenvalue weighted by molar-refractivity contribution is 5.95. The molecule has 1 heterocycles. The van der Waals surface area contributed by atoms with Crippen molar-refractivity contribution in [1.82, 2.24) is 4.90 Å². The maximum atomic E-state index is 12.3. The zero-order valence-corrected chi connectivity index (χ0v) is 11.1. The van der Waals surface area contributed by atoms with Gasteiger partial charge in [0, 0.05) is 24.7 Å². The summed E-state index contributed by atoms with van der Waals surface area (Å²) in [6.45, 7) is 7.18. The van der Waals surface area contributed by atoms with Crippen molar-refractivity contribution in [2.24, 2.45) is 0 Å². The van der Waals surface area contributed by atoms with Gasteiger partial charge in [-0.1, -0.05) is 18.2 Å². The van der Waals surface area contributed by atoms with Gasteiger partial charge in [0.25, 0.3) is 0 Å². The molecular formula is C14H20N2O2. The van der Waals surface area contributed by atoms with E-state index in [-0.39, 0.29) is 12.1 Å². The number of aliphatic hydroxyl groups is 1. The third-order valence-electron chi connectivity index (χ3n) is 3.34. The number of anilines is 1. The number of hydrogen-bond acceptors (Lipinski definition) is 2. The summed E-state index contributed by atoms with van der Waals surface area (Å²) < 4.78 is 0. The zero-order chi connectivity index (χ0) is 13.3. The first-order valence-electron chi connectivity index (χ1n) is 6.37. The first-order chi connectivity index (χ1) is 8.52. The van der Waals surface area contributed by atoms with Crippen LogP contribution in [0.15, 0.2) is 24.3 Å². The maximum Gasteiger partial charge on any atom is 0.324 e. The number of hydrogen-bond donors (Lipinski definition) is 1. The Morgan fingerprint density at radius 2 is 1.83 bits per heavy atom. The molecule has 0 bridgehead atoms. The van der Waals surface area contributed by atoms with Crippen LogP contribution >= 0.6 is 0 Å². The largest absolute Gasteiger partial charge is 0.389 e. The number of amides is 2. The SMILES string of the molecule is CC(O)c1ccccc1N1CCN(C(C)C)C1=O. The van der Waals surface area contributed by atoms with Gasteiger partial charge in [-0.25, -0.2) is 4.79 Å². The van der Waals surface area contributed by atoms with Gasteiger partial charge in [0.1, 0.15) is 0 Å². The smallest absolute Gasteiger partial charge is 0.324 e. The predicted octanol–water partition coefficient (Wildman–Crippen LogP) is 2.39. The van der Waals surface area contributed by atoms with Crippen LogP contribution in [0.4, 0.5) is 10.5 Å². The second kappa shape index (κ2) is 4.98. The molecule has 1 atom stereocenters. The van der Waals surface area contributed by atoms with Gasteiger partial charge >= 0.3 is 6.03 Å². The van der Waals surface area contributed by atoms with E-state index < -0.39 is 6.10 Å². The predicted molar refractivity (Wildman–Crippen MR) is 71.7 cm³/mol. The number of urea groups is 1. The maximum absolute atomic E-state index is 12.3. The van der Waals surface area contributed by atoms with E-state index in [0.29, 0.717) is 6.54 Å². The van der Waals surface area contributed by atoms with E-state index in [1.807, 2.05) is 43.0 Å². The lowest BCUT2D eigenvalue weighted by Gasteiger charge is -2.23. The lowest BCUT2D eigenvalue weighted by Crippen LogP contribution is -2.36. The number of para-hydroxylation sites is 1. The molecule has 4 nitrogen and oxygen atoms in total. The molecule has 2 amide bonds. The Hall–Kier alpha value is -1.55. The molecule has 1 saturated heterocycles. The first kappa shape index (κ1) is 12.9. The zero-order valence-electron chi connectivity index (χ0n) is 11.1. The van der Waals surface area contributed by atoms with Gasteiger partial charge in [-0.15, -0.1) is 0 Å². The summed E-state index contributed by atoms with van der Waals surface area (Å²) in [5, 5.41) is 9.77. The van der Waals surface area contributed by atoms with Crippen LogP contribution in [0, 0.1) is 0 Å². The molecule has 1 aliphatic heterocycles. The van der Waals surface area contributed by atoms with E-state index in [2.05, 4.69) is 0 Å². The molecule has 2 rings (SSSR count). The van der Waals surface area contributed by atoms with E-state index >= 15 is 0 Å². The third kappa shape index (κ3) is 2.20. The first-order valence-corrected chi connectivity index (χ1v) is 6.37. The fourth-order valence-corrected chi connectivity index (χ4v) is 2.34. The number of carbonyl (C=O) groups excluding carboxylic acids is 1. The van der Waals surface area contributed by atoms with Gasteiger partial charge < -0.3 is 10.0 Å². The summed E-state index contributed by atoms with van der Waals surface area (Å²) >= 11 is 0. The summed E-state index contributed by atoms with van der Waals surface area (Å²) in [5.41, 5.74) is 1.62. The van der Waals surface area contributed by atoms with Crippen LogP contribution in [-0.4, -0.2) is 35.2 Å². The number of nitrogens with zero attached hydrogens (tertiary/aromatic N) is 2. The van der Waals surface area contributed by atoms with Crippen molar-refractivity contribution >= 4 is 11.7 Å². The highest BCUT2D eigenvalue weighted by Crippen LogP contribution is 2.29. The molecule has 98 valence electrons. The molecule has 18 heavy (non-hydrogen) atoms. The van der Waals surface area contributed by atoms with Gasteiger partial charge in [0.2, 0.25) is 0 Å². The minimum absolute atomic E-state index is 0.0260. The highest BCUT2D eigenvalue weighted by Gasteiger charge is 2.32. The van der Waals surface area contributed by atoms with Gasteiger partial charge in [-0.3, -0.25) is 4.90 Å². The summed E-state index contributed by atoms with van der Waals surface area (Å²) in [4.78, 5) is 15.9. The van der Waals surface area contributed by atoms with E-state index in [9.17, 15) is 9.90 Å². The van der Waals surface area contributed by atoms with E-state index in [0.717, 1.165) is 17.8 Å². The molecule has 0 aromatic heterocycles. The molecule has 0 spiro atoms. The van der Waals surface area contributed by atoms with Crippen molar-refractivity contribution in [2.45, 2.75) is 32.9 Å². The Kier molecular flexibility index (Phi) is 3.57. The quantitative estimate of drug-likeness (QED) is 0.892. The number of benzene rings is 1. The topological polar surface area (TPSA) is 43.8 Å². The monoisotopic (exact) mass is 248 g/mol. The molecule has 1 aromatic rings. The van der Waals surface area contributed by atoms with Crippen LogP contribution in [-0.2, 0) is 0 Å².